The minimum absolute atomic E-state index is 0.178. The van der Waals surface area contributed by atoms with Gasteiger partial charge < -0.3 is 10.5 Å². The Bertz CT molecular complexity index is 302. The number of hydrogen-bond acceptors (Lipinski definition) is 2. The topological polar surface area (TPSA) is 52.3 Å². The number of primary amides is 1. The SMILES string of the molecule is NC(=O)C1=CC=CC2C=COC12. The van der Waals surface area contributed by atoms with Gasteiger partial charge in [-0.3, -0.25) is 4.79 Å². The lowest BCUT2D eigenvalue weighted by molar-refractivity contribution is -0.115. The van der Waals surface area contributed by atoms with Gasteiger partial charge in [-0.05, 0) is 6.08 Å². The van der Waals surface area contributed by atoms with Crippen LogP contribution in [0.2, 0.25) is 0 Å². The standard InChI is InChI=1S/C9H9NO2/c10-9(11)7-3-1-2-6-4-5-12-8(6)7/h1-6,8H,(H2,10,11). The molecule has 0 saturated heterocycles. The van der Waals surface area contributed by atoms with Gasteiger partial charge in [0.15, 0.2) is 0 Å². The van der Waals surface area contributed by atoms with Gasteiger partial charge in [-0.15, -0.1) is 0 Å². The van der Waals surface area contributed by atoms with Crippen molar-refractivity contribution in [3.8, 4) is 0 Å². The molecule has 3 heteroatoms. The van der Waals surface area contributed by atoms with Gasteiger partial charge in [0.05, 0.1) is 11.8 Å². The molecule has 0 radical (unpaired) electrons. The zero-order valence-corrected chi connectivity index (χ0v) is 6.44. The molecule has 0 fully saturated rings. The van der Waals surface area contributed by atoms with Gasteiger partial charge in [0.1, 0.15) is 6.10 Å². The third-order valence-corrected chi connectivity index (χ3v) is 2.08. The van der Waals surface area contributed by atoms with E-state index in [1.54, 1.807) is 12.3 Å². The smallest absolute Gasteiger partial charge is 0.248 e. The third kappa shape index (κ3) is 0.942. The van der Waals surface area contributed by atoms with Gasteiger partial charge >= 0.3 is 0 Å². The Morgan fingerprint density at radius 1 is 1.50 bits per heavy atom. The summed E-state index contributed by atoms with van der Waals surface area (Å²) in [6.45, 7) is 0. The number of hydrogen-bond donors (Lipinski definition) is 1. The van der Waals surface area contributed by atoms with Crippen LogP contribution >= 0.6 is 0 Å². The van der Waals surface area contributed by atoms with E-state index in [4.69, 9.17) is 10.5 Å². The Kier molecular flexibility index (Phi) is 1.50. The largest absolute Gasteiger partial charge is 0.492 e. The van der Waals surface area contributed by atoms with Crippen LogP contribution in [-0.2, 0) is 9.53 Å². The van der Waals surface area contributed by atoms with E-state index in [0.717, 1.165) is 0 Å². The minimum Gasteiger partial charge on any atom is -0.492 e. The second-order valence-corrected chi connectivity index (χ2v) is 2.83. The fourth-order valence-electron chi connectivity index (χ4n) is 1.46. The van der Waals surface area contributed by atoms with E-state index in [1.165, 1.54) is 0 Å². The monoisotopic (exact) mass is 163 g/mol. The highest BCUT2D eigenvalue weighted by Gasteiger charge is 2.30. The Labute approximate surface area is 70.2 Å². The fraction of sp³-hybridized carbons (Fsp3) is 0.222. The summed E-state index contributed by atoms with van der Waals surface area (Å²) in [5.41, 5.74) is 5.72. The van der Waals surface area contributed by atoms with Crippen molar-refractivity contribution >= 4 is 5.91 Å². The summed E-state index contributed by atoms with van der Waals surface area (Å²) in [6, 6.07) is 0. The maximum absolute atomic E-state index is 10.9. The number of rotatable bonds is 1. The van der Waals surface area contributed by atoms with Crippen molar-refractivity contribution in [3.05, 3.63) is 36.1 Å². The summed E-state index contributed by atoms with van der Waals surface area (Å²) in [7, 11) is 0. The number of allylic oxidation sites excluding steroid dienone is 2. The van der Waals surface area contributed by atoms with E-state index < -0.39 is 5.91 Å². The first-order valence-electron chi connectivity index (χ1n) is 3.79. The minimum atomic E-state index is -0.405. The molecule has 2 unspecified atom stereocenters. The summed E-state index contributed by atoms with van der Waals surface area (Å²) in [4.78, 5) is 10.9. The van der Waals surface area contributed by atoms with Crippen LogP contribution in [0.1, 0.15) is 0 Å². The molecule has 2 rings (SSSR count). The van der Waals surface area contributed by atoms with Gasteiger partial charge in [0.2, 0.25) is 5.91 Å². The summed E-state index contributed by atoms with van der Waals surface area (Å²) in [5.74, 6) is -0.226. The molecule has 0 saturated carbocycles. The van der Waals surface area contributed by atoms with Crippen LogP contribution in [0.4, 0.5) is 0 Å². The van der Waals surface area contributed by atoms with Crippen molar-refractivity contribution in [2.75, 3.05) is 0 Å². The molecule has 2 aliphatic rings. The van der Waals surface area contributed by atoms with Crippen LogP contribution in [0.5, 0.6) is 0 Å². The van der Waals surface area contributed by atoms with Crippen LogP contribution in [0.25, 0.3) is 0 Å². The Hall–Kier alpha value is -1.51. The van der Waals surface area contributed by atoms with Crippen molar-refractivity contribution in [1.29, 1.82) is 0 Å². The van der Waals surface area contributed by atoms with Crippen molar-refractivity contribution in [2.45, 2.75) is 6.10 Å². The van der Waals surface area contributed by atoms with Gasteiger partial charge in [0, 0.05) is 5.92 Å². The Morgan fingerprint density at radius 2 is 2.33 bits per heavy atom. The summed E-state index contributed by atoms with van der Waals surface area (Å²) in [5, 5.41) is 0. The molecule has 62 valence electrons. The van der Waals surface area contributed by atoms with E-state index in [-0.39, 0.29) is 12.0 Å². The number of carbonyl (C=O) groups is 1. The number of fused-ring (bicyclic) bond motifs is 1. The first kappa shape index (κ1) is 7.16. The average molecular weight is 163 g/mol. The zero-order valence-electron chi connectivity index (χ0n) is 6.44. The number of carbonyl (C=O) groups excluding carboxylic acids is 1. The highest BCUT2D eigenvalue weighted by atomic mass is 16.5. The molecular formula is C9H9NO2. The van der Waals surface area contributed by atoms with E-state index >= 15 is 0 Å². The summed E-state index contributed by atoms with van der Waals surface area (Å²) >= 11 is 0. The molecule has 3 nitrogen and oxygen atoms in total. The van der Waals surface area contributed by atoms with Crippen LogP contribution in [0.3, 0.4) is 0 Å². The second kappa shape index (κ2) is 2.52. The van der Waals surface area contributed by atoms with Crippen molar-refractivity contribution < 1.29 is 9.53 Å². The van der Waals surface area contributed by atoms with Crippen LogP contribution < -0.4 is 5.73 Å². The third-order valence-electron chi connectivity index (χ3n) is 2.08. The summed E-state index contributed by atoms with van der Waals surface area (Å²) < 4.78 is 5.23. The second-order valence-electron chi connectivity index (χ2n) is 2.83. The van der Waals surface area contributed by atoms with Gasteiger partial charge in [0.25, 0.3) is 0 Å². The number of ether oxygens (including phenoxy) is 1. The molecule has 2 atom stereocenters. The van der Waals surface area contributed by atoms with Gasteiger partial charge in [-0.25, -0.2) is 0 Å². The normalized spacial score (nSPS) is 30.8. The molecule has 0 aromatic heterocycles. The van der Waals surface area contributed by atoms with Crippen molar-refractivity contribution in [1.82, 2.24) is 0 Å². The molecule has 0 aromatic carbocycles. The fourth-order valence-corrected chi connectivity index (χ4v) is 1.46. The lowest BCUT2D eigenvalue weighted by Crippen LogP contribution is -2.29. The van der Waals surface area contributed by atoms with E-state index in [0.29, 0.717) is 5.57 Å². The average Bonchev–Trinajstić information content (AvgIpc) is 2.49. The molecule has 0 spiro atoms. The Balaban J connectivity index is 2.30. The molecule has 2 N–H and O–H groups in total. The predicted octanol–water partition coefficient (Wildman–Crippen LogP) is 0.497. The van der Waals surface area contributed by atoms with Crippen molar-refractivity contribution in [2.24, 2.45) is 11.7 Å². The van der Waals surface area contributed by atoms with E-state index in [9.17, 15) is 4.79 Å². The molecular weight excluding hydrogens is 154 g/mol. The quantitative estimate of drug-likeness (QED) is 0.611. The summed E-state index contributed by atoms with van der Waals surface area (Å²) in [6.07, 6.45) is 8.86. The van der Waals surface area contributed by atoms with Crippen LogP contribution in [-0.4, -0.2) is 12.0 Å². The van der Waals surface area contributed by atoms with Gasteiger partial charge in [-0.2, -0.15) is 0 Å². The van der Waals surface area contributed by atoms with Crippen LogP contribution in [0, 0.1) is 5.92 Å². The maximum atomic E-state index is 10.9. The lowest BCUT2D eigenvalue weighted by atomic mass is 9.92. The molecule has 12 heavy (non-hydrogen) atoms. The van der Waals surface area contributed by atoms with Gasteiger partial charge in [-0.1, -0.05) is 18.2 Å². The van der Waals surface area contributed by atoms with E-state index in [1.807, 2.05) is 18.2 Å². The number of nitrogens with two attached hydrogens (primary N) is 1. The molecule has 1 amide bonds. The van der Waals surface area contributed by atoms with E-state index in [2.05, 4.69) is 0 Å². The molecule has 0 aromatic rings. The maximum Gasteiger partial charge on any atom is 0.248 e. The zero-order chi connectivity index (χ0) is 8.55. The molecule has 1 aliphatic heterocycles. The van der Waals surface area contributed by atoms with Crippen LogP contribution in [0.15, 0.2) is 36.1 Å². The molecule has 1 aliphatic carbocycles. The predicted molar refractivity (Wildman–Crippen MR) is 43.9 cm³/mol. The first-order chi connectivity index (χ1) is 5.79. The Morgan fingerprint density at radius 3 is 3.08 bits per heavy atom. The highest BCUT2D eigenvalue weighted by Crippen LogP contribution is 2.28. The lowest BCUT2D eigenvalue weighted by Gasteiger charge is -2.19. The molecule has 1 heterocycles. The number of amides is 1. The highest BCUT2D eigenvalue weighted by molar-refractivity contribution is 5.93. The van der Waals surface area contributed by atoms with Crippen molar-refractivity contribution in [3.63, 3.8) is 0 Å². The first-order valence-corrected chi connectivity index (χ1v) is 3.79. The molecule has 0 bridgehead atoms.